The lowest BCUT2D eigenvalue weighted by Gasteiger charge is -2.61. The summed E-state index contributed by atoms with van der Waals surface area (Å²) in [6.07, 6.45) is 6.88. The Labute approximate surface area is 344 Å². The Morgan fingerprint density at radius 3 is 1.61 bits per heavy atom. The predicted molar refractivity (Wildman–Crippen MR) is 239 cm³/mol. The van der Waals surface area contributed by atoms with E-state index in [9.17, 15) is 0 Å². The van der Waals surface area contributed by atoms with Crippen LogP contribution in [0.5, 0.6) is 0 Å². The normalized spacial score (nSPS) is 22.3. The van der Waals surface area contributed by atoms with Crippen molar-refractivity contribution in [3.05, 3.63) is 181 Å². The number of para-hydroxylation sites is 2. The van der Waals surface area contributed by atoms with Crippen LogP contribution in [0, 0.1) is 23.7 Å². The lowest BCUT2D eigenvalue weighted by molar-refractivity contribution is -0.0399. The van der Waals surface area contributed by atoms with Crippen molar-refractivity contribution in [2.75, 3.05) is 0 Å². The highest BCUT2D eigenvalue weighted by Crippen LogP contribution is 2.69. The summed E-state index contributed by atoms with van der Waals surface area (Å²) in [6, 6.07) is 61.7. The smallest absolute Gasteiger partial charge is 0.164 e. The van der Waals surface area contributed by atoms with Gasteiger partial charge in [-0.15, -0.1) is 0 Å². The number of nitrogens with zero attached hydrogens (tertiary/aromatic N) is 4. The summed E-state index contributed by atoms with van der Waals surface area (Å²) in [7, 11) is 0. The fourth-order valence-electron chi connectivity index (χ4n) is 12.5. The van der Waals surface area contributed by atoms with Crippen LogP contribution in [0.25, 0.3) is 83.9 Å². The highest BCUT2D eigenvalue weighted by atomic mass is 15.0. The van der Waals surface area contributed by atoms with Crippen molar-refractivity contribution in [1.82, 2.24) is 19.5 Å². The van der Waals surface area contributed by atoms with E-state index in [0.29, 0.717) is 23.5 Å². The molecule has 7 aromatic carbocycles. The molecule has 4 nitrogen and oxygen atoms in total. The fourth-order valence-corrected chi connectivity index (χ4v) is 12.5. The summed E-state index contributed by atoms with van der Waals surface area (Å²) in [6.45, 7) is 0. The SMILES string of the molecule is c1ccc(-c2nc(-c3cccc(-c4ccc(-n5c6ccccc6c6ccccc65)cc4)c3)nc(-c3ccc4c(c3)C3(c5ccccc5-4)C4CC5CC(C4)CC3C5)n2)cc1. The van der Waals surface area contributed by atoms with E-state index in [2.05, 4.69) is 168 Å². The molecule has 0 atom stereocenters. The second kappa shape index (κ2) is 12.7. The number of hydrogen-bond donors (Lipinski definition) is 0. The van der Waals surface area contributed by atoms with Gasteiger partial charge in [-0.2, -0.15) is 0 Å². The van der Waals surface area contributed by atoms with Crippen LogP contribution in [0.3, 0.4) is 0 Å². The van der Waals surface area contributed by atoms with Crippen LogP contribution >= 0.6 is 0 Å². The van der Waals surface area contributed by atoms with E-state index in [0.717, 1.165) is 51.2 Å². The molecule has 2 aromatic heterocycles. The van der Waals surface area contributed by atoms with Crippen LogP contribution in [0.2, 0.25) is 0 Å². The minimum atomic E-state index is 0.0822. The van der Waals surface area contributed by atoms with Gasteiger partial charge in [-0.3, -0.25) is 0 Å². The first-order chi connectivity index (χ1) is 29.2. The van der Waals surface area contributed by atoms with Crippen molar-refractivity contribution >= 4 is 21.8 Å². The molecule has 9 aromatic rings. The molecule has 0 N–H and O–H groups in total. The van der Waals surface area contributed by atoms with Crippen LogP contribution in [0.15, 0.2) is 170 Å². The van der Waals surface area contributed by atoms with Crippen LogP contribution in [0.1, 0.15) is 43.2 Å². The van der Waals surface area contributed by atoms with Crippen LogP contribution in [0.4, 0.5) is 0 Å². The van der Waals surface area contributed by atoms with E-state index in [4.69, 9.17) is 15.0 Å². The molecule has 0 unspecified atom stereocenters. The number of aromatic nitrogens is 4. The van der Waals surface area contributed by atoms with E-state index < -0.39 is 0 Å². The minimum Gasteiger partial charge on any atom is -0.309 e. The fraction of sp³-hybridized carbons (Fsp3) is 0.182. The largest absolute Gasteiger partial charge is 0.309 e. The van der Waals surface area contributed by atoms with Gasteiger partial charge >= 0.3 is 0 Å². The van der Waals surface area contributed by atoms with Crippen LogP contribution in [-0.2, 0) is 5.41 Å². The summed E-state index contributed by atoms with van der Waals surface area (Å²) < 4.78 is 2.37. The molecule has 4 bridgehead atoms. The molecule has 4 heteroatoms. The third kappa shape index (κ3) is 4.93. The van der Waals surface area contributed by atoms with Gasteiger partial charge in [0, 0.05) is 38.6 Å². The molecule has 14 rings (SSSR count). The molecule has 0 saturated heterocycles. The quantitative estimate of drug-likeness (QED) is 0.176. The van der Waals surface area contributed by atoms with Gasteiger partial charge in [-0.05, 0) is 126 Å². The summed E-state index contributed by atoms with van der Waals surface area (Å²) in [4.78, 5) is 15.7. The Bertz CT molecular complexity index is 3040. The molecule has 1 spiro atoms. The zero-order valence-corrected chi connectivity index (χ0v) is 32.8. The predicted octanol–water partition coefficient (Wildman–Crippen LogP) is 13.4. The molecule has 0 aliphatic heterocycles. The highest BCUT2D eigenvalue weighted by Gasteiger charge is 2.61. The van der Waals surface area contributed by atoms with E-state index >= 15 is 0 Å². The molecule has 59 heavy (non-hydrogen) atoms. The minimum absolute atomic E-state index is 0.0822. The summed E-state index contributed by atoms with van der Waals surface area (Å²) in [5, 5.41) is 2.53. The molecule has 282 valence electrons. The van der Waals surface area contributed by atoms with Gasteiger partial charge in [0.15, 0.2) is 17.5 Å². The Morgan fingerprint density at radius 1 is 0.390 bits per heavy atom. The first-order valence-electron chi connectivity index (χ1n) is 21.4. The summed E-state index contributed by atoms with van der Waals surface area (Å²) in [5.74, 6) is 5.30. The van der Waals surface area contributed by atoms with Crippen molar-refractivity contribution in [3.63, 3.8) is 0 Å². The Balaban J connectivity index is 0.914. The topological polar surface area (TPSA) is 43.6 Å². The molecule has 5 aliphatic rings. The van der Waals surface area contributed by atoms with Gasteiger partial charge in [-0.25, -0.2) is 15.0 Å². The molecule has 4 saturated carbocycles. The van der Waals surface area contributed by atoms with Crippen molar-refractivity contribution in [3.8, 4) is 62.1 Å². The van der Waals surface area contributed by atoms with Gasteiger partial charge < -0.3 is 4.57 Å². The Kier molecular flexibility index (Phi) is 7.16. The number of hydrogen-bond acceptors (Lipinski definition) is 3. The molecular formula is C55H42N4. The van der Waals surface area contributed by atoms with Gasteiger partial charge in [0.2, 0.25) is 0 Å². The van der Waals surface area contributed by atoms with Gasteiger partial charge in [0.25, 0.3) is 0 Å². The van der Waals surface area contributed by atoms with Crippen molar-refractivity contribution in [2.45, 2.75) is 37.5 Å². The number of fused-ring (bicyclic) bond motifs is 6. The maximum absolute atomic E-state index is 5.31. The highest BCUT2D eigenvalue weighted by molar-refractivity contribution is 6.09. The first kappa shape index (κ1) is 33.3. The second-order valence-electron chi connectivity index (χ2n) is 17.6. The van der Waals surface area contributed by atoms with E-state index in [-0.39, 0.29) is 5.41 Å². The average Bonchev–Trinajstić information content (AvgIpc) is 3.79. The molecule has 5 aliphatic carbocycles. The summed E-state index contributed by atoms with van der Waals surface area (Å²) >= 11 is 0. The van der Waals surface area contributed by atoms with Gasteiger partial charge in [0.05, 0.1) is 11.0 Å². The molecule has 4 fully saturated rings. The van der Waals surface area contributed by atoms with Crippen LogP contribution < -0.4 is 0 Å². The third-order valence-electron chi connectivity index (χ3n) is 14.6. The van der Waals surface area contributed by atoms with Crippen molar-refractivity contribution < 1.29 is 0 Å². The van der Waals surface area contributed by atoms with Crippen molar-refractivity contribution in [1.29, 1.82) is 0 Å². The molecule has 0 amide bonds. The third-order valence-corrected chi connectivity index (χ3v) is 14.6. The van der Waals surface area contributed by atoms with E-state index in [1.54, 1.807) is 5.56 Å². The second-order valence-corrected chi connectivity index (χ2v) is 17.6. The number of benzene rings is 7. The van der Waals surface area contributed by atoms with Crippen molar-refractivity contribution in [2.24, 2.45) is 23.7 Å². The van der Waals surface area contributed by atoms with Gasteiger partial charge in [0.1, 0.15) is 0 Å². The Morgan fingerprint density at radius 2 is 0.915 bits per heavy atom. The Hall–Kier alpha value is -6.65. The zero-order chi connectivity index (χ0) is 38.7. The van der Waals surface area contributed by atoms with Gasteiger partial charge in [-0.1, -0.05) is 133 Å². The van der Waals surface area contributed by atoms with E-state index in [1.165, 1.54) is 70.6 Å². The molecular weight excluding hydrogens is 717 g/mol. The monoisotopic (exact) mass is 758 g/mol. The maximum atomic E-state index is 5.31. The van der Waals surface area contributed by atoms with E-state index in [1.807, 2.05) is 6.07 Å². The molecule has 2 heterocycles. The first-order valence-corrected chi connectivity index (χ1v) is 21.4. The maximum Gasteiger partial charge on any atom is 0.164 e. The standard InChI is InChI=1S/C55H42N4/c1-2-11-37(12-3-1)52-56-53(39-14-10-13-38(32-39)36-21-24-43(25-22-36)59-50-19-8-5-16-46(50)47-17-6-9-20-51(47)59)58-54(57-52)40-23-26-45-44-15-4-7-18-48(44)55(49(45)33-40)41-28-34-27-35(30-41)31-42(55)29-34/h1-26,32-35,41-42H,27-31H2. The lowest BCUT2D eigenvalue weighted by atomic mass is 9.43. The average molecular weight is 759 g/mol. The summed E-state index contributed by atoms with van der Waals surface area (Å²) in [5.41, 5.74) is 14.9. The number of rotatable bonds is 5. The zero-order valence-electron chi connectivity index (χ0n) is 32.8. The lowest BCUT2D eigenvalue weighted by Crippen LogP contribution is -2.55. The molecule has 0 radical (unpaired) electrons. The van der Waals surface area contributed by atoms with Crippen LogP contribution in [-0.4, -0.2) is 19.5 Å².